The fourth-order valence-corrected chi connectivity index (χ4v) is 7.53. The van der Waals surface area contributed by atoms with E-state index in [0.29, 0.717) is 24.4 Å². The van der Waals surface area contributed by atoms with E-state index in [1.807, 2.05) is 44.2 Å². The van der Waals surface area contributed by atoms with E-state index in [1.165, 1.54) is 25.0 Å². The molecule has 5 rings (SSSR count). The topological polar surface area (TPSA) is 80.7 Å². The lowest BCUT2D eigenvalue weighted by Gasteiger charge is -2.37. The van der Waals surface area contributed by atoms with Crippen LogP contribution in [0.15, 0.2) is 76.0 Å². The average Bonchev–Trinajstić information content (AvgIpc) is 3.70. The maximum Gasteiger partial charge on any atom is 0.269 e. The summed E-state index contributed by atoms with van der Waals surface area (Å²) in [6.07, 6.45) is 14.7. The molecule has 1 N–H and O–H groups in total. The third kappa shape index (κ3) is 7.75. The van der Waals surface area contributed by atoms with Gasteiger partial charge in [0.2, 0.25) is 0 Å². The number of hydrogen-bond donors (Lipinski definition) is 1. The molecule has 3 aliphatic rings. The number of aromatic nitrogens is 1. The van der Waals surface area contributed by atoms with Crippen LogP contribution in [0.4, 0.5) is 4.39 Å². The summed E-state index contributed by atoms with van der Waals surface area (Å²) in [5.74, 6) is -0.819. The van der Waals surface area contributed by atoms with Gasteiger partial charge in [-0.1, -0.05) is 48.3 Å². The van der Waals surface area contributed by atoms with Crippen LogP contribution in [0.5, 0.6) is 0 Å². The number of rotatable bonds is 10. The van der Waals surface area contributed by atoms with Crippen molar-refractivity contribution >= 4 is 23.5 Å². The Bertz CT molecular complexity index is 1520. The Balaban J connectivity index is 1.47. The van der Waals surface area contributed by atoms with Crippen LogP contribution < -0.4 is 5.32 Å². The highest BCUT2D eigenvalue weighted by molar-refractivity contribution is 6.45. The zero-order chi connectivity index (χ0) is 32.0. The normalized spacial score (nSPS) is 20.7. The molecule has 2 aromatic rings. The highest BCUT2D eigenvalue weighted by Crippen LogP contribution is 2.51. The van der Waals surface area contributed by atoms with Crippen LogP contribution in [-0.2, 0) is 14.3 Å². The molecule has 1 amide bonds. The Morgan fingerprint density at radius 2 is 1.96 bits per heavy atom. The Morgan fingerprint density at radius 1 is 1.16 bits per heavy atom. The number of nitrogens with zero attached hydrogens (tertiary/aromatic N) is 2. The standard InChI is InChI=1S/C38H46FN3O3/c1-25(2)34(36(40-4)37(44)41-19-16-31-11-8-20-45-31)32(35-26(3)22-38(23-33(35)43)17-5-6-18-38)15-14-30-13-12-28(24-42-30)27-9-7-10-29(39)21-27/h7,9-10,12-15,21,24,31-32H,5-6,8,11,16-20,22-23H2,1-4H3,(H,41,44)/b15-14+,40-36?. The van der Waals surface area contributed by atoms with Gasteiger partial charge in [0.25, 0.3) is 5.91 Å². The summed E-state index contributed by atoms with van der Waals surface area (Å²) in [5.41, 5.74) is 6.25. The molecule has 0 bridgehead atoms. The number of amides is 1. The number of aliphatic imine (C=N–C) groups is 1. The van der Waals surface area contributed by atoms with Gasteiger partial charge in [0.1, 0.15) is 11.5 Å². The molecular formula is C38H46FN3O3. The van der Waals surface area contributed by atoms with Crippen LogP contribution in [0.25, 0.3) is 17.2 Å². The van der Waals surface area contributed by atoms with Crippen molar-refractivity contribution < 1.29 is 18.7 Å². The molecule has 1 spiro atoms. The molecule has 6 nitrogen and oxygen atoms in total. The average molecular weight is 612 g/mol. The third-order valence-electron chi connectivity index (χ3n) is 9.63. The molecule has 2 atom stereocenters. The van der Waals surface area contributed by atoms with Crippen molar-refractivity contribution in [3.05, 3.63) is 82.5 Å². The maximum atomic E-state index is 14.1. The lowest BCUT2D eigenvalue weighted by molar-refractivity contribution is -0.119. The number of ether oxygens (including phenoxy) is 1. The summed E-state index contributed by atoms with van der Waals surface area (Å²) in [6, 6.07) is 10.2. The predicted octanol–water partition coefficient (Wildman–Crippen LogP) is 7.85. The van der Waals surface area contributed by atoms with E-state index >= 15 is 0 Å². The third-order valence-corrected chi connectivity index (χ3v) is 9.63. The highest BCUT2D eigenvalue weighted by atomic mass is 19.1. The summed E-state index contributed by atoms with van der Waals surface area (Å²) >= 11 is 0. The van der Waals surface area contributed by atoms with Crippen molar-refractivity contribution in [2.24, 2.45) is 16.3 Å². The summed E-state index contributed by atoms with van der Waals surface area (Å²) in [5, 5.41) is 3.07. The van der Waals surface area contributed by atoms with Gasteiger partial charge in [-0.2, -0.15) is 0 Å². The first kappa shape index (κ1) is 32.7. The summed E-state index contributed by atoms with van der Waals surface area (Å²) in [6.45, 7) is 7.34. The van der Waals surface area contributed by atoms with Gasteiger partial charge in [0.05, 0.1) is 11.8 Å². The molecule has 1 aromatic heterocycles. The Kier molecular flexibility index (Phi) is 10.6. The van der Waals surface area contributed by atoms with E-state index in [0.717, 1.165) is 78.6 Å². The molecule has 2 heterocycles. The SMILES string of the molecule is CN=C(C(=O)NCCC1CCCO1)C(=C(C)C)C(/C=C/c1ccc(-c2cccc(F)c2)cn1)C1=C(C)CC2(CCCC2)CC1=O. The molecule has 45 heavy (non-hydrogen) atoms. The highest BCUT2D eigenvalue weighted by Gasteiger charge is 2.43. The van der Waals surface area contributed by atoms with Crippen molar-refractivity contribution in [1.82, 2.24) is 10.3 Å². The van der Waals surface area contributed by atoms with Crippen LogP contribution >= 0.6 is 0 Å². The van der Waals surface area contributed by atoms with E-state index in [1.54, 1.807) is 19.3 Å². The van der Waals surface area contributed by atoms with Crippen LogP contribution in [0.2, 0.25) is 0 Å². The molecular weight excluding hydrogens is 565 g/mol. The first-order valence-corrected chi connectivity index (χ1v) is 16.4. The summed E-state index contributed by atoms with van der Waals surface area (Å²) in [7, 11) is 1.64. The molecule has 2 unspecified atom stereocenters. The number of Topliss-reactive ketones (excluding diaryl/α,β-unsaturated/α-hetero) is 1. The summed E-state index contributed by atoms with van der Waals surface area (Å²) < 4.78 is 19.5. The van der Waals surface area contributed by atoms with Gasteiger partial charge in [0, 0.05) is 49.9 Å². The van der Waals surface area contributed by atoms with Crippen molar-refractivity contribution in [1.29, 1.82) is 0 Å². The second-order valence-electron chi connectivity index (χ2n) is 13.2. The van der Waals surface area contributed by atoms with E-state index in [-0.39, 0.29) is 29.0 Å². The van der Waals surface area contributed by atoms with Gasteiger partial charge in [-0.15, -0.1) is 0 Å². The molecule has 2 aliphatic carbocycles. The van der Waals surface area contributed by atoms with Crippen LogP contribution in [0.1, 0.15) is 84.3 Å². The van der Waals surface area contributed by atoms with Gasteiger partial charge in [-0.05, 0) is 100 Å². The van der Waals surface area contributed by atoms with Gasteiger partial charge in [-0.25, -0.2) is 4.39 Å². The molecule has 1 aromatic carbocycles. The fourth-order valence-electron chi connectivity index (χ4n) is 7.53. The van der Waals surface area contributed by atoms with Crippen molar-refractivity contribution in [2.45, 2.75) is 84.7 Å². The molecule has 1 saturated carbocycles. The molecule has 0 radical (unpaired) electrons. The quantitative estimate of drug-likeness (QED) is 0.278. The predicted molar refractivity (Wildman–Crippen MR) is 178 cm³/mol. The van der Waals surface area contributed by atoms with E-state index in [9.17, 15) is 14.0 Å². The number of nitrogens with one attached hydrogen (secondary N) is 1. The van der Waals surface area contributed by atoms with Gasteiger partial charge in [-0.3, -0.25) is 19.6 Å². The number of benzene rings is 1. The number of allylic oxidation sites excluding steroid dienone is 4. The fraction of sp³-hybridized carbons (Fsp3) is 0.474. The molecule has 238 valence electrons. The maximum absolute atomic E-state index is 14.1. The minimum absolute atomic E-state index is 0.0692. The minimum atomic E-state index is -0.450. The van der Waals surface area contributed by atoms with Crippen molar-refractivity contribution in [3.8, 4) is 11.1 Å². The summed E-state index contributed by atoms with van der Waals surface area (Å²) in [4.78, 5) is 36.8. The van der Waals surface area contributed by atoms with Crippen LogP contribution in [-0.4, -0.2) is 48.7 Å². The molecule has 1 saturated heterocycles. The second kappa shape index (κ2) is 14.6. The molecule has 7 heteroatoms. The number of carbonyl (C=O) groups excluding carboxylic acids is 2. The molecule has 2 fully saturated rings. The zero-order valence-electron chi connectivity index (χ0n) is 27.1. The van der Waals surface area contributed by atoms with Crippen molar-refractivity contribution in [3.63, 3.8) is 0 Å². The first-order chi connectivity index (χ1) is 21.7. The second-order valence-corrected chi connectivity index (χ2v) is 13.2. The number of hydrogen-bond acceptors (Lipinski definition) is 5. The van der Waals surface area contributed by atoms with Crippen molar-refractivity contribution in [2.75, 3.05) is 20.2 Å². The lowest BCUT2D eigenvalue weighted by atomic mass is 9.66. The van der Waals surface area contributed by atoms with E-state index in [4.69, 9.17) is 4.74 Å². The number of carbonyl (C=O) groups is 2. The monoisotopic (exact) mass is 611 g/mol. The first-order valence-electron chi connectivity index (χ1n) is 16.4. The number of pyridine rings is 1. The Morgan fingerprint density at radius 3 is 2.58 bits per heavy atom. The zero-order valence-corrected chi connectivity index (χ0v) is 27.1. The Hall–Kier alpha value is -3.71. The molecule has 1 aliphatic heterocycles. The van der Waals surface area contributed by atoms with Crippen LogP contribution in [0.3, 0.4) is 0 Å². The van der Waals surface area contributed by atoms with Gasteiger partial charge >= 0.3 is 0 Å². The largest absolute Gasteiger partial charge is 0.378 e. The van der Waals surface area contributed by atoms with Gasteiger partial charge in [0.15, 0.2) is 5.78 Å². The van der Waals surface area contributed by atoms with E-state index in [2.05, 4.69) is 22.2 Å². The Labute approximate surface area is 267 Å². The number of halogens is 1. The van der Waals surface area contributed by atoms with Gasteiger partial charge < -0.3 is 10.1 Å². The smallest absolute Gasteiger partial charge is 0.269 e. The lowest BCUT2D eigenvalue weighted by Crippen LogP contribution is -2.37. The number of ketones is 1. The van der Waals surface area contributed by atoms with Crippen LogP contribution in [0, 0.1) is 17.2 Å². The minimum Gasteiger partial charge on any atom is -0.378 e. The van der Waals surface area contributed by atoms with E-state index < -0.39 is 5.92 Å².